The summed E-state index contributed by atoms with van der Waals surface area (Å²) in [6, 6.07) is 0. The molecule has 0 aromatic heterocycles. The van der Waals surface area contributed by atoms with Gasteiger partial charge in [-0.2, -0.15) is 25.3 Å². The van der Waals surface area contributed by atoms with Gasteiger partial charge in [-0.1, -0.05) is 0 Å². The third-order valence-corrected chi connectivity index (χ3v) is 3.67. The van der Waals surface area contributed by atoms with Crippen LogP contribution in [0.15, 0.2) is 0 Å². The number of hydrogen-bond donors (Lipinski definition) is 2. The number of unbranched alkanes of at least 4 members (excludes halogenated alkanes) is 6. The van der Waals surface area contributed by atoms with Crippen LogP contribution in [0.25, 0.3) is 0 Å². The first kappa shape index (κ1) is 28.2. The summed E-state index contributed by atoms with van der Waals surface area (Å²) in [6.45, 7) is 6.90. The predicted octanol–water partition coefficient (Wildman–Crippen LogP) is 2.20. The Morgan fingerprint density at radius 3 is 1.43 bits per heavy atom. The Balaban J connectivity index is -0.000000329. The van der Waals surface area contributed by atoms with Crippen LogP contribution in [0.4, 0.5) is 0 Å². The van der Waals surface area contributed by atoms with Crippen LogP contribution in [0.3, 0.4) is 0 Å². The zero-order valence-corrected chi connectivity index (χ0v) is 18.4. The van der Waals surface area contributed by atoms with E-state index in [-0.39, 0.29) is 11.5 Å². The minimum Gasteiger partial charge on any atom is -0.549 e. The average molecular weight is 549 g/mol. The number of carbonyl (C=O) groups is 2. The van der Waals surface area contributed by atoms with E-state index in [9.17, 15) is 19.8 Å². The molecule has 0 atom stereocenters. The summed E-state index contributed by atoms with van der Waals surface area (Å²) in [7, 11) is 0. The van der Waals surface area contributed by atoms with Crippen LogP contribution in [0.1, 0.15) is 72.1 Å². The summed E-state index contributed by atoms with van der Waals surface area (Å²) in [5.74, 6) is -2.65. The summed E-state index contributed by atoms with van der Waals surface area (Å²) in [5.41, 5.74) is 0. The molecular formula is C16H31AuO4S2. The normalized spacial score (nSPS) is 10.0. The van der Waals surface area contributed by atoms with E-state index in [0.29, 0.717) is 3.63 Å². The summed E-state index contributed by atoms with van der Waals surface area (Å²) in [5, 5.41) is 18.4. The number of carboxylic acids is 2. The van der Waals surface area contributed by atoms with Crippen molar-refractivity contribution >= 4 is 37.2 Å². The number of aliphatic carboxylic acids is 2. The molecule has 0 aliphatic rings. The van der Waals surface area contributed by atoms with Gasteiger partial charge in [0, 0.05) is 11.5 Å². The van der Waals surface area contributed by atoms with Gasteiger partial charge < -0.3 is 19.8 Å². The van der Waals surface area contributed by atoms with Gasteiger partial charge in [0.1, 0.15) is 0 Å². The van der Waals surface area contributed by atoms with Gasteiger partial charge in [-0.3, -0.25) is 0 Å². The van der Waals surface area contributed by atoms with E-state index in [4.69, 9.17) is 0 Å². The summed E-state index contributed by atoms with van der Waals surface area (Å²) < 4.78 is 0.490. The van der Waals surface area contributed by atoms with E-state index in [1.165, 1.54) is 51.4 Å². The standard InChI is InChI=1S/C12H25.2C2H4O2S.Au/c1-4-5-6-7-8-9-10-11-12(2)3;2*3-2(4)1-5;/h4-11H2,1-3H3;2*5H,1H2,(H,3,4);/q;;;+2/p-2. The van der Waals surface area contributed by atoms with E-state index < -0.39 is 11.9 Å². The first-order valence-electron chi connectivity index (χ1n) is 7.87. The van der Waals surface area contributed by atoms with Crippen LogP contribution < -0.4 is 10.2 Å². The SMILES string of the molecule is CCCCCCCCC[C](C)(C)[Au+2].O=C([O-])CS.O=C([O-])CS. The largest absolute Gasteiger partial charge is 0.549 e. The fourth-order valence-electron chi connectivity index (χ4n) is 1.49. The van der Waals surface area contributed by atoms with Crippen molar-refractivity contribution in [2.75, 3.05) is 11.5 Å². The molecule has 0 fully saturated rings. The van der Waals surface area contributed by atoms with Crippen molar-refractivity contribution in [1.82, 2.24) is 0 Å². The molecule has 0 saturated heterocycles. The Morgan fingerprint density at radius 2 is 1.17 bits per heavy atom. The van der Waals surface area contributed by atoms with Gasteiger partial charge in [-0.05, 0) is 0 Å². The van der Waals surface area contributed by atoms with Crippen LogP contribution >= 0.6 is 25.3 Å². The van der Waals surface area contributed by atoms with Crippen molar-refractivity contribution in [2.45, 2.75) is 75.8 Å². The Hall–Kier alpha value is 0.380. The van der Waals surface area contributed by atoms with Gasteiger partial charge in [-0.25, -0.2) is 0 Å². The Bertz CT molecular complexity index is 268. The van der Waals surface area contributed by atoms with Gasteiger partial charge in [0.05, 0.1) is 11.9 Å². The molecule has 0 saturated carbocycles. The molecule has 0 aliphatic carbocycles. The molecule has 0 heterocycles. The van der Waals surface area contributed by atoms with Crippen LogP contribution in [0, 0.1) is 0 Å². The second-order valence-corrected chi connectivity index (χ2v) is 9.11. The smallest absolute Gasteiger partial charge is 0.0510 e. The minimum atomic E-state index is -1.13. The van der Waals surface area contributed by atoms with Crippen molar-refractivity contribution in [2.24, 2.45) is 0 Å². The summed E-state index contributed by atoms with van der Waals surface area (Å²) in [6.07, 6.45) is 11.3. The Labute approximate surface area is 164 Å². The Morgan fingerprint density at radius 1 is 0.870 bits per heavy atom. The first-order chi connectivity index (χ1) is 10.6. The topological polar surface area (TPSA) is 80.3 Å². The zero-order chi connectivity index (χ0) is 18.7. The molecule has 0 N–H and O–H groups in total. The summed E-state index contributed by atoms with van der Waals surface area (Å²) >= 11 is 9.44. The van der Waals surface area contributed by atoms with Crippen molar-refractivity contribution in [3.05, 3.63) is 0 Å². The second kappa shape index (κ2) is 20.4. The van der Waals surface area contributed by atoms with Crippen molar-refractivity contribution in [1.29, 1.82) is 0 Å². The molecular weight excluding hydrogens is 517 g/mol. The average Bonchev–Trinajstić information content (AvgIpc) is 2.46. The third-order valence-electron chi connectivity index (χ3n) is 2.61. The maximum absolute atomic E-state index is 9.18. The minimum absolute atomic E-state index is 0.194. The monoisotopic (exact) mass is 548 g/mol. The van der Waals surface area contributed by atoms with E-state index in [0.717, 1.165) is 0 Å². The van der Waals surface area contributed by atoms with Crippen LogP contribution in [-0.4, -0.2) is 23.4 Å². The fourth-order valence-corrected chi connectivity index (χ4v) is 1.87. The molecule has 142 valence electrons. The van der Waals surface area contributed by atoms with Gasteiger partial charge in [0.25, 0.3) is 0 Å². The van der Waals surface area contributed by atoms with Crippen molar-refractivity contribution in [3.8, 4) is 0 Å². The molecule has 0 rings (SSSR count). The number of thiol groups is 2. The molecule has 0 unspecified atom stereocenters. The zero-order valence-electron chi connectivity index (χ0n) is 14.4. The molecule has 0 bridgehead atoms. The molecule has 23 heavy (non-hydrogen) atoms. The van der Waals surface area contributed by atoms with Gasteiger partial charge in [0.15, 0.2) is 0 Å². The molecule has 0 amide bonds. The third kappa shape index (κ3) is 45.0. The quantitative estimate of drug-likeness (QED) is 0.249. The molecule has 7 heteroatoms. The molecule has 0 aromatic carbocycles. The maximum atomic E-state index is 9.18. The van der Waals surface area contributed by atoms with Crippen LogP contribution in [-0.2, 0) is 30.7 Å². The number of carbonyl (C=O) groups excluding carboxylic acids is 2. The maximum Gasteiger partial charge on any atom is 0.0510 e. The molecule has 0 spiro atoms. The molecule has 4 nitrogen and oxygen atoms in total. The molecule has 0 radical (unpaired) electrons. The van der Waals surface area contributed by atoms with Gasteiger partial charge >= 0.3 is 96.8 Å². The summed E-state index contributed by atoms with van der Waals surface area (Å²) in [4.78, 5) is 18.4. The Kier molecular flexibility index (Phi) is 25.0. The molecule has 0 aromatic rings. The van der Waals surface area contributed by atoms with Crippen molar-refractivity contribution in [3.63, 3.8) is 0 Å². The van der Waals surface area contributed by atoms with E-state index in [1.807, 2.05) is 0 Å². The van der Waals surface area contributed by atoms with Crippen molar-refractivity contribution < 1.29 is 40.9 Å². The second-order valence-electron chi connectivity index (χ2n) is 5.55. The fraction of sp³-hybridized carbons (Fsp3) is 0.875. The van der Waals surface area contributed by atoms with Gasteiger partial charge in [-0.15, -0.1) is 0 Å². The van der Waals surface area contributed by atoms with E-state index in [1.54, 1.807) is 0 Å². The predicted molar refractivity (Wildman–Crippen MR) is 94.4 cm³/mol. The number of carboxylic acid groups (broad SMARTS) is 2. The van der Waals surface area contributed by atoms with Crippen LogP contribution in [0.5, 0.6) is 0 Å². The number of rotatable bonds is 10. The van der Waals surface area contributed by atoms with Crippen LogP contribution in [0.2, 0.25) is 3.63 Å². The van der Waals surface area contributed by atoms with E-state index in [2.05, 4.69) is 67.1 Å². The van der Waals surface area contributed by atoms with E-state index >= 15 is 0 Å². The molecule has 0 aliphatic heterocycles. The van der Waals surface area contributed by atoms with Gasteiger partial charge in [0.2, 0.25) is 0 Å². The first-order valence-corrected chi connectivity index (χ1v) is 10.2. The number of hydrogen-bond acceptors (Lipinski definition) is 6.